The van der Waals surface area contributed by atoms with Gasteiger partial charge in [0.2, 0.25) is 5.78 Å². The Balaban J connectivity index is 1.98. The van der Waals surface area contributed by atoms with Gasteiger partial charge in [-0.1, -0.05) is 12.1 Å². The van der Waals surface area contributed by atoms with Crippen molar-refractivity contribution in [3.8, 4) is 0 Å². The lowest BCUT2D eigenvalue weighted by Gasteiger charge is -2.00. The molecule has 0 N–H and O–H groups in total. The fraction of sp³-hybridized carbons (Fsp3) is 0.0769. The minimum atomic E-state index is -4.56. The molecule has 21 heavy (non-hydrogen) atoms. The van der Waals surface area contributed by atoms with E-state index >= 15 is 0 Å². The van der Waals surface area contributed by atoms with Crippen molar-refractivity contribution in [2.24, 2.45) is 0 Å². The molecule has 3 aromatic rings. The van der Waals surface area contributed by atoms with E-state index in [0.717, 1.165) is 6.20 Å². The molecular weight excluding hydrogens is 303 g/mol. The van der Waals surface area contributed by atoms with Crippen LogP contribution in [-0.4, -0.2) is 20.7 Å². The Morgan fingerprint density at radius 3 is 2.43 bits per heavy atom. The first-order chi connectivity index (χ1) is 9.95. The lowest BCUT2D eigenvalue weighted by atomic mass is 10.2. The number of thiazole rings is 1. The lowest BCUT2D eigenvalue weighted by Crippen LogP contribution is -2.04. The van der Waals surface area contributed by atoms with E-state index in [2.05, 4.69) is 15.0 Å². The number of halogens is 3. The third-order valence-electron chi connectivity index (χ3n) is 2.65. The molecule has 0 bridgehead atoms. The van der Waals surface area contributed by atoms with Gasteiger partial charge in [0.1, 0.15) is 5.69 Å². The van der Waals surface area contributed by atoms with E-state index in [9.17, 15) is 18.0 Å². The second-order valence-electron chi connectivity index (χ2n) is 4.10. The first-order valence-corrected chi connectivity index (χ1v) is 6.56. The summed E-state index contributed by atoms with van der Waals surface area (Å²) < 4.78 is 37.5. The standard InChI is InChI=1S/C13H6F3N3OS/c14-13(15,16)12-18-6-10(21-12)11(20)9-5-17-7-3-1-2-4-8(7)19-9/h1-6H. The number of rotatable bonds is 2. The maximum atomic E-state index is 12.5. The smallest absolute Gasteiger partial charge is 0.286 e. The third-order valence-corrected chi connectivity index (χ3v) is 3.69. The van der Waals surface area contributed by atoms with Crippen LogP contribution in [0.1, 0.15) is 20.4 Å². The summed E-state index contributed by atoms with van der Waals surface area (Å²) in [5, 5.41) is -1.06. The van der Waals surface area contributed by atoms with Gasteiger partial charge in [0, 0.05) is 6.20 Å². The molecule has 0 radical (unpaired) electrons. The zero-order valence-electron chi connectivity index (χ0n) is 10.3. The number of carbonyl (C=O) groups excluding carboxylic acids is 1. The third kappa shape index (κ3) is 2.62. The number of ketones is 1. The van der Waals surface area contributed by atoms with E-state index in [-0.39, 0.29) is 10.6 Å². The van der Waals surface area contributed by atoms with Gasteiger partial charge >= 0.3 is 6.18 Å². The van der Waals surface area contributed by atoms with E-state index in [1.54, 1.807) is 24.3 Å². The van der Waals surface area contributed by atoms with Crippen molar-refractivity contribution in [3.05, 3.63) is 52.2 Å². The number of nitrogens with zero attached hydrogens (tertiary/aromatic N) is 3. The highest BCUT2D eigenvalue weighted by atomic mass is 32.1. The summed E-state index contributed by atoms with van der Waals surface area (Å²) >= 11 is 0.295. The molecular formula is C13H6F3N3OS. The zero-order chi connectivity index (χ0) is 15.0. The lowest BCUT2D eigenvalue weighted by molar-refractivity contribution is -0.137. The Bertz CT molecular complexity index is 829. The van der Waals surface area contributed by atoms with Gasteiger partial charge in [0.25, 0.3) is 0 Å². The van der Waals surface area contributed by atoms with Crippen molar-refractivity contribution < 1.29 is 18.0 Å². The van der Waals surface area contributed by atoms with E-state index in [4.69, 9.17) is 0 Å². The first kappa shape index (κ1) is 13.6. The van der Waals surface area contributed by atoms with Crippen LogP contribution in [-0.2, 0) is 6.18 Å². The quantitative estimate of drug-likeness (QED) is 0.681. The highest BCUT2D eigenvalue weighted by Gasteiger charge is 2.35. The van der Waals surface area contributed by atoms with Crippen molar-refractivity contribution in [2.45, 2.75) is 6.18 Å². The van der Waals surface area contributed by atoms with Gasteiger partial charge in [-0.2, -0.15) is 13.2 Å². The summed E-state index contributed by atoms with van der Waals surface area (Å²) in [7, 11) is 0. The Labute approximate surface area is 120 Å². The summed E-state index contributed by atoms with van der Waals surface area (Å²) in [6, 6.07) is 6.91. The molecule has 0 aliphatic heterocycles. The van der Waals surface area contributed by atoms with Crippen LogP contribution in [0.5, 0.6) is 0 Å². The van der Waals surface area contributed by atoms with Crippen LogP contribution in [0.25, 0.3) is 11.0 Å². The molecule has 106 valence electrons. The van der Waals surface area contributed by atoms with Gasteiger partial charge in [-0.3, -0.25) is 9.78 Å². The normalized spacial score (nSPS) is 11.8. The molecule has 3 rings (SSSR count). The maximum absolute atomic E-state index is 12.5. The molecule has 8 heteroatoms. The van der Waals surface area contributed by atoms with Gasteiger partial charge < -0.3 is 0 Å². The number of benzene rings is 1. The number of aromatic nitrogens is 3. The van der Waals surface area contributed by atoms with Crippen molar-refractivity contribution in [2.75, 3.05) is 0 Å². The average Bonchev–Trinajstić information content (AvgIpc) is 2.96. The SMILES string of the molecule is O=C(c1cnc2ccccc2n1)c1cnc(C(F)(F)F)s1. The van der Waals surface area contributed by atoms with Gasteiger partial charge in [0.15, 0.2) is 5.01 Å². The van der Waals surface area contributed by atoms with Gasteiger partial charge in [0.05, 0.1) is 22.1 Å². The molecule has 1 aromatic carbocycles. The van der Waals surface area contributed by atoms with Crippen molar-refractivity contribution in [1.29, 1.82) is 0 Å². The van der Waals surface area contributed by atoms with Crippen LogP contribution in [0.2, 0.25) is 0 Å². The van der Waals surface area contributed by atoms with Crippen LogP contribution in [0.4, 0.5) is 13.2 Å². The topological polar surface area (TPSA) is 55.7 Å². The van der Waals surface area contributed by atoms with Crippen LogP contribution in [0.15, 0.2) is 36.7 Å². The van der Waals surface area contributed by atoms with Crippen LogP contribution in [0, 0.1) is 0 Å². The second-order valence-corrected chi connectivity index (χ2v) is 5.13. The summed E-state index contributed by atoms with van der Waals surface area (Å²) in [6.07, 6.45) is -2.40. The van der Waals surface area contributed by atoms with Crippen LogP contribution < -0.4 is 0 Å². The van der Waals surface area contributed by atoms with Gasteiger partial charge in [-0.05, 0) is 12.1 Å². The van der Waals surface area contributed by atoms with Crippen molar-refractivity contribution in [1.82, 2.24) is 15.0 Å². The molecule has 0 aliphatic rings. The Kier molecular flexibility index (Phi) is 3.17. The molecule has 0 amide bonds. The number of para-hydroxylation sites is 2. The summed E-state index contributed by atoms with van der Waals surface area (Å²) in [5.74, 6) is -0.624. The average molecular weight is 309 g/mol. The summed E-state index contributed by atoms with van der Waals surface area (Å²) in [6.45, 7) is 0. The summed E-state index contributed by atoms with van der Waals surface area (Å²) in [5.41, 5.74) is 1.10. The molecule has 2 heterocycles. The van der Waals surface area contributed by atoms with E-state index < -0.39 is 17.0 Å². The van der Waals surface area contributed by atoms with E-state index in [1.807, 2.05) is 0 Å². The number of carbonyl (C=O) groups is 1. The number of fused-ring (bicyclic) bond motifs is 1. The zero-order valence-corrected chi connectivity index (χ0v) is 11.1. The van der Waals surface area contributed by atoms with Crippen molar-refractivity contribution in [3.63, 3.8) is 0 Å². The highest BCUT2D eigenvalue weighted by Crippen LogP contribution is 2.32. The van der Waals surface area contributed by atoms with E-state index in [0.29, 0.717) is 22.4 Å². The Morgan fingerprint density at radius 1 is 1.05 bits per heavy atom. The Morgan fingerprint density at radius 2 is 1.76 bits per heavy atom. The molecule has 0 fully saturated rings. The fourth-order valence-corrected chi connectivity index (χ4v) is 2.44. The maximum Gasteiger partial charge on any atom is 0.443 e. The predicted octanol–water partition coefficient (Wildman–Crippen LogP) is 3.34. The molecule has 0 unspecified atom stereocenters. The number of alkyl halides is 3. The number of hydrogen-bond donors (Lipinski definition) is 0. The van der Waals surface area contributed by atoms with Gasteiger partial charge in [-0.15, -0.1) is 11.3 Å². The van der Waals surface area contributed by atoms with Gasteiger partial charge in [-0.25, -0.2) is 9.97 Å². The molecule has 0 saturated heterocycles. The molecule has 0 aliphatic carbocycles. The number of hydrogen-bond acceptors (Lipinski definition) is 5. The second kappa shape index (κ2) is 4.88. The predicted molar refractivity (Wildman–Crippen MR) is 70.1 cm³/mol. The largest absolute Gasteiger partial charge is 0.443 e. The highest BCUT2D eigenvalue weighted by molar-refractivity contribution is 7.13. The minimum Gasteiger partial charge on any atom is -0.286 e. The van der Waals surface area contributed by atoms with Crippen LogP contribution in [0.3, 0.4) is 0 Å². The van der Waals surface area contributed by atoms with E-state index in [1.165, 1.54) is 6.20 Å². The molecule has 0 spiro atoms. The molecule has 4 nitrogen and oxygen atoms in total. The minimum absolute atomic E-state index is 0.00826. The van der Waals surface area contributed by atoms with Crippen LogP contribution >= 0.6 is 11.3 Å². The molecule has 0 atom stereocenters. The molecule has 2 aromatic heterocycles. The first-order valence-electron chi connectivity index (χ1n) is 5.74. The fourth-order valence-electron chi connectivity index (χ4n) is 1.70. The summed E-state index contributed by atoms with van der Waals surface area (Å²) in [4.78, 5) is 23.4. The molecule has 0 saturated carbocycles. The van der Waals surface area contributed by atoms with Crippen molar-refractivity contribution >= 4 is 28.2 Å². The monoisotopic (exact) mass is 309 g/mol. The Hall–Kier alpha value is -2.35.